The van der Waals surface area contributed by atoms with Crippen molar-refractivity contribution in [2.24, 2.45) is 7.05 Å². The summed E-state index contributed by atoms with van der Waals surface area (Å²) in [6, 6.07) is 1.71. The van der Waals surface area contributed by atoms with E-state index in [2.05, 4.69) is 33.3 Å². The van der Waals surface area contributed by atoms with Gasteiger partial charge in [0.15, 0.2) is 0 Å². The lowest BCUT2D eigenvalue weighted by Crippen LogP contribution is -2.30. The Morgan fingerprint density at radius 2 is 2.47 bits per heavy atom. The molecule has 0 aliphatic rings. The van der Waals surface area contributed by atoms with Gasteiger partial charge in [-0.3, -0.25) is 9.48 Å². The number of nitrogens with zero attached hydrogens (tertiary/aromatic N) is 2. The van der Waals surface area contributed by atoms with Crippen molar-refractivity contribution in [2.75, 3.05) is 6.54 Å². The summed E-state index contributed by atoms with van der Waals surface area (Å²) in [5.74, 6) is -0.0736. The highest BCUT2D eigenvalue weighted by Crippen LogP contribution is 2.06. The lowest BCUT2D eigenvalue weighted by Gasteiger charge is -2.09. The Morgan fingerprint density at radius 1 is 1.73 bits per heavy atom. The van der Waals surface area contributed by atoms with Crippen LogP contribution in [0, 0.1) is 0 Å². The fourth-order valence-electron chi connectivity index (χ4n) is 1.31. The quantitative estimate of drug-likeness (QED) is 0.831. The van der Waals surface area contributed by atoms with Gasteiger partial charge in [0.05, 0.1) is 0 Å². The van der Waals surface area contributed by atoms with Crippen LogP contribution in [0.5, 0.6) is 0 Å². The first-order valence-corrected chi connectivity index (χ1v) is 5.97. The van der Waals surface area contributed by atoms with Gasteiger partial charge in [-0.1, -0.05) is 29.3 Å². The lowest BCUT2D eigenvalue weighted by atomic mass is 10.2. The van der Waals surface area contributed by atoms with Crippen LogP contribution in [0.2, 0.25) is 0 Å². The molecule has 0 radical (unpaired) electrons. The zero-order valence-electron chi connectivity index (χ0n) is 9.03. The summed E-state index contributed by atoms with van der Waals surface area (Å²) in [5, 5.41) is 6.81. The minimum atomic E-state index is -0.0736. The predicted molar refractivity (Wildman–Crippen MR) is 63.2 cm³/mol. The van der Waals surface area contributed by atoms with Gasteiger partial charge in [-0.05, 0) is 12.5 Å². The van der Waals surface area contributed by atoms with E-state index in [9.17, 15) is 4.79 Å². The Bertz CT molecular complexity index is 324. The molecule has 1 amide bonds. The molecule has 1 aromatic heterocycles. The lowest BCUT2D eigenvalue weighted by molar-refractivity contribution is 0.0944. The van der Waals surface area contributed by atoms with Crippen LogP contribution in [0.1, 0.15) is 30.3 Å². The van der Waals surface area contributed by atoms with Crippen molar-refractivity contribution in [3.63, 3.8) is 0 Å². The van der Waals surface area contributed by atoms with Crippen LogP contribution >= 0.6 is 15.9 Å². The second-order valence-electron chi connectivity index (χ2n) is 3.44. The van der Waals surface area contributed by atoms with Gasteiger partial charge in [0.2, 0.25) is 0 Å². The summed E-state index contributed by atoms with van der Waals surface area (Å²) in [7, 11) is 1.76. The van der Waals surface area contributed by atoms with Crippen LogP contribution < -0.4 is 5.32 Å². The highest BCUT2D eigenvalue weighted by molar-refractivity contribution is 9.09. The van der Waals surface area contributed by atoms with Crippen molar-refractivity contribution in [3.05, 3.63) is 18.0 Å². The summed E-state index contributed by atoms with van der Waals surface area (Å²) in [6.45, 7) is 2.77. The molecule has 0 spiro atoms. The molecule has 4 nitrogen and oxygen atoms in total. The average molecular weight is 274 g/mol. The molecule has 0 aliphatic carbocycles. The summed E-state index contributed by atoms with van der Waals surface area (Å²) >= 11 is 3.51. The highest BCUT2D eigenvalue weighted by Gasteiger charge is 2.10. The molecule has 0 fully saturated rings. The first-order valence-electron chi connectivity index (χ1n) is 5.05. The standard InChI is InChI=1S/C10H16BrN3O/c1-3-4-8(11)7-12-10(15)9-5-6-13-14(9)2/h5-6,8H,3-4,7H2,1-2H3,(H,12,15). The van der Waals surface area contributed by atoms with Crippen molar-refractivity contribution in [1.29, 1.82) is 0 Å². The molecular weight excluding hydrogens is 258 g/mol. The third-order valence-corrected chi connectivity index (χ3v) is 2.92. The van der Waals surface area contributed by atoms with E-state index in [4.69, 9.17) is 0 Å². The van der Waals surface area contributed by atoms with Gasteiger partial charge >= 0.3 is 0 Å². The number of halogens is 1. The summed E-state index contributed by atoms with van der Waals surface area (Å²) < 4.78 is 1.57. The maximum Gasteiger partial charge on any atom is 0.269 e. The second-order valence-corrected chi connectivity index (χ2v) is 4.73. The number of nitrogens with one attached hydrogen (secondary N) is 1. The molecule has 0 saturated heterocycles. The number of aromatic nitrogens is 2. The number of rotatable bonds is 5. The molecule has 0 aliphatic heterocycles. The summed E-state index contributed by atoms with van der Waals surface area (Å²) in [4.78, 5) is 12.0. The van der Waals surface area contributed by atoms with Crippen LogP contribution in [0.3, 0.4) is 0 Å². The Balaban J connectivity index is 2.40. The van der Waals surface area contributed by atoms with Crippen molar-refractivity contribution >= 4 is 21.8 Å². The largest absolute Gasteiger partial charge is 0.350 e. The molecule has 84 valence electrons. The molecule has 1 rings (SSSR count). The number of hydrogen-bond donors (Lipinski definition) is 1. The Morgan fingerprint density at radius 3 is 3.00 bits per heavy atom. The number of carbonyl (C=O) groups is 1. The van der Waals surface area contributed by atoms with Gasteiger partial charge in [0.1, 0.15) is 5.69 Å². The summed E-state index contributed by atoms with van der Waals surface area (Å²) in [5.41, 5.74) is 0.589. The highest BCUT2D eigenvalue weighted by atomic mass is 79.9. The molecule has 1 heterocycles. The van der Waals surface area contributed by atoms with E-state index in [1.165, 1.54) is 0 Å². The molecular formula is C10H16BrN3O. The smallest absolute Gasteiger partial charge is 0.269 e. The van der Waals surface area contributed by atoms with Crippen molar-refractivity contribution in [2.45, 2.75) is 24.6 Å². The summed E-state index contributed by atoms with van der Waals surface area (Å²) in [6.07, 6.45) is 3.79. The van der Waals surface area contributed by atoms with E-state index in [-0.39, 0.29) is 5.91 Å². The van der Waals surface area contributed by atoms with Crippen molar-refractivity contribution in [3.8, 4) is 0 Å². The fraction of sp³-hybridized carbons (Fsp3) is 0.600. The van der Waals surface area contributed by atoms with Gasteiger partial charge in [0.25, 0.3) is 5.91 Å². The van der Waals surface area contributed by atoms with Crippen molar-refractivity contribution < 1.29 is 4.79 Å². The molecule has 1 atom stereocenters. The third-order valence-electron chi connectivity index (χ3n) is 2.14. The molecule has 1 aromatic rings. The van der Waals surface area contributed by atoms with Gasteiger partial charge < -0.3 is 5.32 Å². The number of alkyl halides is 1. The van der Waals surface area contributed by atoms with E-state index in [1.807, 2.05) is 0 Å². The molecule has 0 aromatic carbocycles. The Hall–Kier alpha value is -0.840. The minimum absolute atomic E-state index is 0.0736. The molecule has 0 bridgehead atoms. The third kappa shape index (κ3) is 3.66. The molecule has 1 unspecified atom stereocenters. The zero-order valence-corrected chi connectivity index (χ0v) is 10.6. The topological polar surface area (TPSA) is 46.9 Å². The van der Waals surface area contributed by atoms with Crippen LogP contribution in [0.4, 0.5) is 0 Å². The second kappa shape index (κ2) is 5.90. The zero-order chi connectivity index (χ0) is 11.3. The average Bonchev–Trinajstić information content (AvgIpc) is 2.61. The van der Waals surface area contributed by atoms with E-state index in [0.717, 1.165) is 12.8 Å². The minimum Gasteiger partial charge on any atom is -0.350 e. The van der Waals surface area contributed by atoms with Crippen molar-refractivity contribution in [1.82, 2.24) is 15.1 Å². The van der Waals surface area contributed by atoms with E-state index >= 15 is 0 Å². The van der Waals surface area contributed by atoms with Crippen LogP contribution in [0.25, 0.3) is 0 Å². The predicted octanol–water partition coefficient (Wildman–Crippen LogP) is 1.71. The maximum absolute atomic E-state index is 11.6. The Labute approximate surface area is 98.2 Å². The molecule has 1 N–H and O–H groups in total. The van der Waals surface area contributed by atoms with E-state index < -0.39 is 0 Å². The number of carbonyl (C=O) groups excluding carboxylic acids is 1. The molecule has 0 saturated carbocycles. The van der Waals surface area contributed by atoms with Gasteiger partial charge in [0, 0.05) is 24.6 Å². The fourth-order valence-corrected chi connectivity index (χ4v) is 1.93. The maximum atomic E-state index is 11.6. The normalized spacial score (nSPS) is 12.5. The van der Waals surface area contributed by atoms with Crippen LogP contribution in [-0.2, 0) is 7.05 Å². The van der Waals surface area contributed by atoms with Gasteiger partial charge in [-0.2, -0.15) is 5.10 Å². The van der Waals surface area contributed by atoms with E-state index in [1.54, 1.807) is 24.0 Å². The first kappa shape index (κ1) is 12.2. The van der Waals surface area contributed by atoms with E-state index in [0.29, 0.717) is 17.1 Å². The number of aryl methyl sites for hydroxylation is 1. The monoisotopic (exact) mass is 273 g/mol. The number of hydrogen-bond acceptors (Lipinski definition) is 2. The van der Waals surface area contributed by atoms with Gasteiger partial charge in [-0.15, -0.1) is 0 Å². The Kier molecular flexibility index (Phi) is 4.81. The van der Waals surface area contributed by atoms with Crippen LogP contribution in [-0.4, -0.2) is 27.1 Å². The number of amides is 1. The van der Waals surface area contributed by atoms with Crippen LogP contribution in [0.15, 0.2) is 12.3 Å². The molecule has 5 heteroatoms. The van der Waals surface area contributed by atoms with Gasteiger partial charge in [-0.25, -0.2) is 0 Å². The SMILES string of the molecule is CCCC(Br)CNC(=O)c1ccnn1C. The molecule has 15 heavy (non-hydrogen) atoms. The first-order chi connectivity index (χ1) is 7.15.